The lowest BCUT2D eigenvalue weighted by molar-refractivity contribution is -0.130. The maximum Gasteiger partial charge on any atom is 0.241 e. The molecule has 21 heavy (non-hydrogen) atoms. The molecule has 116 valence electrons. The third-order valence-corrected chi connectivity index (χ3v) is 3.68. The SMILES string of the molecule is COCCOCCN1C(=O)C(C)NC1c1cccc(Cl)c1. The molecule has 5 nitrogen and oxygen atoms in total. The predicted molar refractivity (Wildman–Crippen MR) is 81.2 cm³/mol. The molecule has 1 aromatic rings. The number of rotatable bonds is 7. The molecule has 0 saturated carbocycles. The zero-order valence-electron chi connectivity index (χ0n) is 12.3. The number of carbonyl (C=O) groups excluding carboxylic acids is 1. The third-order valence-electron chi connectivity index (χ3n) is 3.45. The lowest BCUT2D eigenvalue weighted by Gasteiger charge is -2.24. The van der Waals surface area contributed by atoms with Crippen molar-refractivity contribution in [3.8, 4) is 0 Å². The monoisotopic (exact) mass is 312 g/mol. The summed E-state index contributed by atoms with van der Waals surface area (Å²) >= 11 is 6.04. The summed E-state index contributed by atoms with van der Waals surface area (Å²) in [5.74, 6) is 0.0790. The Kier molecular flexibility index (Phi) is 5.99. The van der Waals surface area contributed by atoms with Crippen molar-refractivity contribution in [2.75, 3.05) is 33.5 Å². The molecule has 0 spiro atoms. The van der Waals surface area contributed by atoms with E-state index in [0.717, 1.165) is 5.56 Å². The van der Waals surface area contributed by atoms with E-state index in [1.165, 1.54) is 0 Å². The number of amides is 1. The summed E-state index contributed by atoms with van der Waals surface area (Å²) in [5, 5.41) is 3.95. The van der Waals surface area contributed by atoms with Crippen molar-refractivity contribution < 1.29 is 14.3 Å². The Morgan fingerprint density at radius 3 is 2.86 bits per heavy atom. The molecule has 0 radical (unpaired) electrons. The Labute approximate surface area is 130 Å². The molecular formula is C15H21ClN2O3. The van der Waals surface area contributed by atoms with Crippen molar-refractivity contribution in [1.29, 1.82) is 0 Å². The maximum absolute atomic E-state index is 12.2. The van der Waals surface area contributed by atoms with Gasteiger partial charge < -0.3 is 14.4 Å². The van der Waals surface area contributed by atoms with Crippen molar-refractivity contribution >= 4 is 17.5 Å². The van der Waals surface area contributed by atoms with Gasteiger partial charge in [-0.1, -0.05) is 23.7 Å². The Bertz CT molecular complexity index is 484. The fraction of sp³-hybridized carbons (Fsp3) is 0.533. The summed E-state index contributed by atoms with van der Waals surface area (Å²) in [5.41, 5.74) is 0.983. The summed E-state index contributed by atoms with van der Waals surface area (Å²) in [7, 11) is 1.63. The van der Waals surface area contributed by atoms with Crippen molar-refractivity contribution in [2.45, 2.75) is 19.1 Å². The van der Waals surface area contributed by atoms with Crippen LogP contribution < -0.4 is 5.32 Å². The van der Waals surface area contributed by atoms with Gasteiger partial charge in [0.15, 0.2) is 0 Å². The summed E-state index contributed by atoms with van der Waals surface area (Å²) in [6, 6.07) is 7.36. The normalized spacial score (nSPS) is 22.0. The lowest BCUT2D eigenvalue weighted by atomic mass is 10.1. The summed E-state index contributed by atoms with van der Waals surface area (Å²) in [6.45, 7) is 3.98. The van der Waals surface area contributed by atoms with Gasteiger partial charge in [-0.15, -0.1) is 0 Å². The Balaban J connectivity index is 2.00. The average Bonchev–Trinajstić information content (AvgIpc) is 2.75. The van der Waals surface area contributed by atoms with Crippen LogP contribution in [0.25, 0.3) is 0 Å². The fourth-order valence-corrected chi connectivity index (χ4v) is 2.57. The highest BCUT2D eigenvalue weighted by molar-refractivity contribution is 6.30. The number of hydrogen-bond donors (Lipinski definition) is 1. The molecule has 1 fully saturated rings. The topological polar surface area (TPSA) is 50.8 Å². The molecule has 1 saturated heterocycles. The summed E-state index contributed by atoms with van der Waals surface area (Å²) in [4.78, 5) is 14.0. The number of methoxy groups -OCH3 is 1. The van der Waals surface area contributed by atoms with Crippen LogP contribution in [0, 0.1) is 0 Å². The quantitative estimate of drug-likeness (QED) is 0.780. The van der Waals surface area contributed by atoms with E-state index in [4.69, 9.17) is 21.1 Å². The first kappa shape index (κ1) is 16.2. The highest BCUT2D eigenvalue weighted by Crippen LogP contribution is 2.26. The molecule has 6 heteroatoms. The van der Waals surface area contributed by atoms with Gasteiger partial charge in [0.1, 0.15) is 6.17 Å². The molecule has 1 aromatic carbocycles. The number of ether oxygens (including phenoxy) is 2. The van der Waals surface area contributed by atoms with Gasteiger partial charge in [0.2, 0.25) is 5.91 Å². The van der Waals surface area contributed by atoms with Crippen LogP contribution in [0.1, 0.15) is 18.7 Å². The standard InChI is InChI=1S/C15H21ClN2O3/c1-11-15(19)18(6-7-21-9-8-20-2)14(17-11)12-4-3-5-13(16)10-12/h3-5,10-11,14,17H,6-9H2,1-2H3. The minimum absolute atomic E-state index is 0.0790. The molecule has 1 amide bonds. The Hall–Kier alpha value is -1.14. The summed E-state index contributed by atoms with van der Waals surface area (Å²) < 4.78 is 10.4. The van der Waals surface area contributed by atoms with E-state index in [1.54, 1.807) is 12.0 Å². The van der Waals surface area contributed by atoms with E-state index in [0.29, 0.717) is 31.4 Å². The summed E-state index contributed by atoms with van der Waals surface area (Å²) in [6.07, 6.45) is -0.155. The smallest absolute Gasteiger partial charge is 0.241 e. The van der Waals surface area contributed by atoms with E-state index >= 15 is 0 Å². The molecule has 2 atom stereocenters. The minimum Gasteiger partial charge on any atom is -0.382 e. The zero-order chi connectivity index (χ0) is 15.2. The van der Waals surface area contributed by atoms with E-state index in [9.17, 15) is 4.79 Å². The Morgan fingerprint density at radius 2 is 2.14 bits per heavy atom. The van der Waals surface area contributed by atoms with Crippen LogP contribution in [0.15, 0.2) is 24.3 Å². The fourth-order valence-electron chi connectivity index (χ4n) is 2.37. The third kappa shape index (κ3) is 4.17. The highest BCUT2D eigenvalue weighted by Gasteiger charge is 2.36. The van der Waals surface area contributed by atoms with Gasteiger partial charge in [0, 0.05) is 18.7 Å². The second kappa shape index (κ2) is 7.75. The van der Waals surface area contributed by atoms with Crippen molar-refractivity contribution in [1.82, 2.24) is 10.2 Å². The molecule has 2 rings (SSSR count). The first-order chi connectivity index (χ1) is 10.1. The van der Waals surface area contributed by atoms with Crippen molar-refractivity contribution in [3.05, 3.63) is 34.9 Å². The van der Waals surface area contributed by atoms with Gasteiger partial charge in [0.25, 0.3) is 0 Å². The molecule has 1 heterocycles. The number of benzene rings is 1. The van der Waals surface area contributed by atoms with Gasteiger partial charge in [-0.3, -0.25) is 10.1 Å². The van der Waals surface area contributed by atoms with Crippen LogP contribution in [-0.4, -0.2) is 50.3 Å². The molecule has 0 aromatic heterocycles. The Morgan fingerprint density at radius 1 is 1.33 bits per heavy atom. The van der Waals surface area contributed by atoms with E-state index in [-0.39, 0.29) is 18.1 Å². The van der Waals surface area contributed by atoms with Gasteiger partial charge in [-0.05, 0) is 24.6 Å². The van der Waals surface area contributed by atoms with Crippen molar-refractivity contribution in [2.24, 2.45) is 0 Å². The van der Waals surface area contributed by atoms with Gasteiger partial charge in [-0.2, -0.15) is 0 Å². The van der Waals surface area contributed by atoms with Crippen LogP contribution in [-0.2, 0) is 14.3 Å². The number of nitrogens with one attached hydrogen (secondary N) is 1. The minimum atomic E-state index is -0.201. The number of hydrogen-bond acceptors (Lipinski definition) is 4. The van der Waals surface area contributed by atoms with Gasteiger partial charge >= 0.3 is 0 Å². The molecule has 1 N–H and O–H groups in total. The highest BCUT2D eigenvalue weighted by atomic mass is 35.5. The molecular weight excluding hydrogens is 292 g/mol. The molecule has 0 bridgehead atoms. The number of nitrogens with zero attached hydrogens (tertiary/aromatic N) is 1. The van der Waals surface area contributed by atoms with E-state index in [1.807, 2.05) is 31.2 Å². The maximum atomic E-state index is 12.2. The predicted octanol–water partition coefficient (Wildman–Crippen LogP) is 1.82. The zero-order valence-corrected chi connectivity index (χ0v) is 13.1. The molecule has 1 aliphatic rings. The first-order valence-corrected chi connectivity index (χ1v) is 7.40. The second-order valence-electron chi connectivity index (χ2n) is 4.98. The molecule has 0 aliphatic carbocycles. The van der Waals surface area contributed by atoms with Gasteiger partial charge in [-0.25, -0.2) is 0 Å². The largest absolute Gasteiger partial charge is 0.382 e. The van der Waals surface area contributed by atoms with Crippen LogP contribution >= 0.6 is 11.6 Å². The first-order valence-electron chi connectivity index (χ1n) is 7.02. The van der Waals surface area contributed by atoms with E-state index in [2.05, 4.69) is 5.32 Å². The van der Waals surface area contributed by atoms with Crippen LogP contribution in [0.5, 0.6) is 0 Å². The number of halogens is 1. The average molecular weight is 313 g/mol. The molecule has 2 unspecified atom stereocenters. The van der Waals surface area contributed by atoms with Crippen molar-refractivity contribution in [3.63, 3.8) is 0 Å². The van der Waals surface area contributed by atoms with Crippen LogP contribution in [0.4, 0.5) is 0 Å². The van der Waals surface area contributed by atoms with Crippen LogP contribution in [0.2, 0.25) is 5.02 Å². The number of carbonyl (C=O) groups is 1. The van der Waals surface area contributed by atoms with E-state index < -0.39 is 0 Å². The molecule has 1 aliphatic heterocycles. The second-order valence-corrected chi connectivity index (χ2v) is 5.42. The van der Waals surface area contributed by atoms with Gasteiger partial charge in [0.05, 0.1) is 25.9 Å². The van der Waals surface area contributed by atoms with Crippen LogP contribution in [0.3, 0.4) is 0 Å². The lowest BCUT2D eigenvalue weighted by Crippen LogP contribution is -2.33.